The van der Waals surface area contributed by atoms with E-state index in [1.54, 1.807) is 22.8 Å². The van der Waals surface area contributed by atoms with Crippen LogP contribution in [0.15, 0.2) is 35.5 Å². The molecule has 0 unspecified atom stereocenters. The van der Waals surface area contributed by atoms with Gasteiger partial charge in [-0.2, -0.15) is 4.31 Å². The highest BCUT2D eigenvalue weighted by atomic mass is 32.2. The zero-order valence-corrected chi connectivity index (χ0v) is 13.7. The van der Waals surface area contributed by atoms with Crippen molar-refractivity contribution in [2.45, 2.75) is 31.2 Å². The number of hydrogen-bond acceptors (Lipinski definition) is 4. The van der Waals surface area contributed by atoms with Crippen LogP contribution < -0.4 is 5.32 Å². The first-order chi connectivity index (χ1) is 10.5. The van der Waals surface area contributed by atoms with Gasteiger partial charge in [0.2, 0.25) is 10.0 Å². The number of nitrogens with zero attached hydrogens (tertiary/aromatic N) is 2. The van der Waals surface area contributed by atoms with Gasteiger partial charge in [-0.05, 0) is 43.8 Å². The Hall–Kier alpha value is -1.50. The molecule has 0 amide bonds. The fraction of sp³-hybridized carbons (Fsp3) is 0.438. The van der Waals surface area contributed by atoms with Crippen molar-refractivity contribution in [3.05, 3.63) is 36.2 Å². The van der Waals surface area contributed by atoms with Gasteiger partial charge in [-0.25, -0.2) is 8.42 Å². The molecule has 1 aliphatic rings. The van der Waals surface area contributed by atoms with Gasteiger partial charge in [0.25, 0.3) is 0 Å². The Morgan fingerprint density at radius 3 is 2.91 bits per heavy atom. The molecule has 3 rings (SSSR count). The van der Waals surface area contributed by atoms with Gasteiger partial charge in [0.05, 0.1) is 4.90 Å². The van der Waals surface area contributed by atoms with E-state index in [2.05, 4.69) is 10.3 Å². The lowest BCUT2D eigenvalue weighted by atomic mass is 10.1. The quantitative estimate of drug-likeness (QED) is 0.918. The van der Waals surface area contributed by atoms with Crippen LogP contribution in [0.3, 0.4) is 0 Å². The first-order valence-electron chi connectivity index (χ1n) is 7.57. The SMILES string of the molecule is Cc1cncc2c(S(=O)(=O)N3CCCNC[C@@H]3C)cccc12. The van der Waals surface area contributed by atoms with Gasteiger partial charge in [-0.3, -0.25) is 4.98 Å². The van der Waals surface area contributed by atoms with Crippen molar-refractivity contribution in [1.82, 2.24) is 14.6 Å². The Morgan fingerprint density at radius 1 is 1.27 bits per heavy atom. The number of sulfonamides is 1. The Labute approximate surface area is 131 Å². The van der Waals surface area contributed by atoms with Crippen molar-refractivity contribution < 1.29 is 8.42 Å². The first kappa shape index (κ1) is 15.4. The maximum absolute atomic E-state index is 13.1. The van der Waals surface area contributed by atoms with Gasteiger partial charge in [0, 0.05) is 36.9 Å². The Bertz CT molecular complexity index is 789. The van der Waals surface area contributed by atoms with E-state index >= 15 is 0 Å². The monoisotopic (exact) mass is 319 g/mol. The molecule has 1 N–H and O–H groups in total. The fourth-order valence-corrected chi connectivity index (χ4v) is 4.88. The summed E-state index contributed by atoms with van der Waals surface area (Å²) in [5.41, 5.74) is 0.986. The minimum Gasteiger partial charge on any atom is -0.315 e. The molecule has 1 fully saturated rings. The zero-order valence-electron chi connectivity index (χ0n) is 12.9. The van der Waals surface area contributed by atoms with Crippen molar-refractivity contribution in [3.63, 3.8) is 0 Å². The lowest BCUT2D eigenvalue weighted by Crippen LogP contribution is -2.41. The second kappa shape index (κ2) is 5.95. The number of aromatic nitrogens is 1. The molecule has 6 heteroatoms. The predicted octanol–water partition coefficient (Wildman–Crippen LogP) is 1.92. The number of fused-ring (bicyclic) bond motifs is 1. The van der Waals surface area contributed by atoms with E-state index in [1.165, 1.54) is 0 Å². The highest BCUT2D eigenvalue weighted by Gasteiger charge is 2.31. The number of benzene rings is 1. The number of nitrogens with one attached hydrogen (secondary N) is 1. The molecule has 2 heterocycles. The summed E-state index contributed by atoms with van der Waals surface area (Å²) in [6, 6.07) is 5.38. The standard InChI is InChI=1S/C16H21N3O2S/c1-12-9-18-11-15-14(12)5-3-6-16(15)22(20,21)19-8-4-7-17-10-13(19)2/h3,5-6,9,11,13,17H,4,7-8,10H2,1-2H3/t13-/m0/s1. The van der Waals surface area contributed by atoms with Crippen LogP contribution in [0.25, 0.3) is 10.8 Å². The summed E-state index contributed by atoms with van der Waals surface area (Å²) in [5.74, 6) is 0. The molecule has 1 aliphatic heterocycles. The summed E-state index contributed by atoms with van der Waals surface area (Å²) in [5, 5.41) is 4.92. The van der Waals surface area contributed by atoms with Crippen molar-refractivity contribution >= 4 is 20.8 Å². The van der Waals surface area contributed by atoms with Crippen molar-refractivity contribution in [2.24, 2.45) is 0 Å². The molecule has 1 aromatic heterocycles. The third-order valence-corrected chi connectivity index (χ3v) is 6.28. The molecule has 118 valence electrons. The average Bonchev–Trinajstić information content (AvgIpc) is 2.72. The van der Waals surface area contributed by atoms with Gasteiger partial charge in [-0.15, -0.1) is 0 Å². The second-order valence-corrected chi connectivity index (χ2v) is 7.69. The largest absolute Gasteiger partial charge is 0.315 e. The van der Waals surface area contributed by atoms with Crippen LogP contribution in [0.5, 0.6) is 0 Å². The summed E-state index contributed by atoms with van der Waals surface area (Å²) < 4.78 is 27.9. The highest BCUT2D eigenvalue weighted by molar-refractivity contribution is 7.89. The van der Waals surface area contributed by atoms with Crippen LogP contribution in [-0.2, 0) is 10.0 Å². The van der Waals surface area contributed by atoms with E-state index < -0.39 is 10.0 Å². The lowest BCUT2D eigenvalue weighted by molar-refractivity contribution is 0.354. The molecule has 2 aromatic rings. The van der Waals surface area contributed by atoms with E-state index in [0.717, 1.165) is 23.9 Å². The Balaban J connectivity index is 2.15. The molecule has 0 radical (unpaired) electrons. The molecule has 22 heavy (non-hydrogen) atoms. The summed E-state index contributed by atoms with van der Waals surface area (Å²) in [4.78, 5) is 4.53. The smallest absolute Gasteiger partial charge is 0.244 e. The molecule has 0 bridgehead atoms. The van der Waals surface area contributed by atoms with Gasteiger partial charge in [-0.1, -0.05) is 12.1 Å². The van der Waals surface area contributed by atoms with Gasteiger partial charge < -0.3 is 5.32 Å². The fourth-order valence-electron chi connectivity index (χ4n) is 3.02. The minimum absolute atomic E-state index is 0.0551. The normalized spacial score (nSPS) is 20.9. The van der Waals surface area contributed by atoms with Crippen LogP contribution in [0.2, 0.25) is 0 Å². The molecule has 1 atom stereocenters. The average molecular weight is 319 g/mol. The molecule has 1 aromatic carbocycles. The minimum atomic E-state index is -3.52. The molecular weight excluding hydrogens is 298 g/mol. The van der Waals surface area contributed by atoms with E-state index in [-0.39, 0.29) is 6.04 Å². The van der Waals surface area contributed by atoms with Crippen LogP contribution in [-0.4, -0.2) is 43.4 Å². The van der Waals surface area contributed by atoms with Gasteiger partial charge >= 0.3 is 0 Å². The van der Waals surface area contributed by atoms with Crippen molar-refractivity contribution in [3.8, 4) is 0 Å². The summed E-state index contributed by atoms with van der Waals surface area (Å²) in [7, 11) is -3.52. The summed E-state index contributed by atoms with van der Waals surface area (Å²) in [6.45, 7) is 5.98. The first-order valence-corrected chi connectivity index (χ1v) is 9.01. The third-order valence-electron chi connectivity index (χ3n) is 4.21. The van der Waals surface area contributed by atoms with Gasteiger partial charge in [0.15, 0.2) is 0 Å². The molecule has 0 aliphatic carbocycles. The van der Waals surface area contributed by atoms with Crippen LogP contribution in [0.4, 0.5) is 0 Å². The number of aryl methyl sites for hydroxylation is 1. The maximum Gasteiger partial charge on any atom is 0.244 e. The summed E-state index contributed by atoms with van der Waals surface area (Å²) in [6.07, 6.45) is 4.23. The lowest BCUT2D eigenvalue weighted by Gasteiger charge is -2.26. The molecule has 0 spiro atoms. The summed E-state index contributed by atoms with van der Waals surface area (Å²) >= 11 is 0. The number of hydrogen-bond donors (Lipinski definition) is 1. The van der Waals surface area contributed by atoms with E-state index in [0.29, 0.717) is 23.4 Å². The van der Waals surface area contributed by atoms with Crippen molar-refractivity contribution in [1.29, 1.82) is 0 Å². The van der Waals surface area contributed by atoms with Gasteiger partial charge in [0.1, 0.15) is 0 Å². The van der Waals surface area contributed by atoms with Crippen molar-refractivity contribution in [2.75, 3.05) is 19.6 Å². The highest BCUT2D eigenvalue weighted by Crippen LogP contribution is 2.28. The Morgan fingerprint density at radius 2 is 2.09 bits per heavy atom. The molecule has 5 nitrogen and oxygen atoms in total. The third kappa shape index (κ3) is 2.62. The van der Waals surface area contributed by atoms with E-state index in [9.17, 15) is 8.42 Å². The molecule has 0 saturated carbocycles. The van der Waals surface area contributed by atoms with E-state index in [4.69, 9.17) is 0 Å². The number of pyridine rings is 1. The topological polar surface area (TPSA) is 62.3 Å². The molecular formula is C16H21N3O2S. The predicted molar refractivity (Wildman–Crippen MR) is 87.3 cm³/mol. The van der Waals surface area contributed by atoms with Crippen LogP contribution in [0, 0.1) is 6.92 Å². The number of rotatable bonds is 2. The molecule has 1 saturated heterocycles. The maximum atomic E-state index is 13.1. The van der Waals surface area contributed by atoms with Crippen LogP contribution in [0.1, 0.15) is 18.9 Å². The van der Waals surface area contributed by atoms with E-state index in [1.807, 2.05) is 26.0 Å². The van der Waals surface area contributed by atoms with Crippen LogP contribution >= 0.6 is 0 Å². The Kier molecular flexibility index (Phi) is 4.16. The zero-order chi connectivity index (χ0) is 15.7. The second-order valence-electron chi connectivity index (χ2n) is 5.83.